The number of hydrogen-bond donors (Lipinski definition) is 2. The number of nitro benzene ring substituents is 1. The lowest BCUT2D eigenvalue weighted by molar-refractivity contribution is -0.385. The average molecular weight is 488 g/mol. The summed E-state index contributed by atoms with van der Waals surface area (Å²) in [6.07, 6.45) is 1.34. The molecular formula is C23H17FN8O4. The van der Waals surface area contributed by atoms with Gasteiger partial charge < -0.3 is 5.32 Å². The van der Waals surface area contributed by atoms with Crippen LogP contribution in [0.2, 0.25) is 0 Å². The Balaban J connectivity index is 1.56. The average Bonchev–Trinajstić information content (AvgIpc) is 3.43. The minimum Gasteiger partial charge on any atom is -0.306 e. The number of aromatic nitrogens is 6. The number of fused-ring (bicyclic) bond motifs is 1. The fourth-order valence-electron chi connectivity index (χ4n) is 3.66. The van der Waals surface area contributed by atoms with Crippen LogP contribution in [0, 0.1) is 29.8 Å². The standard InChI is InChI=1S/C23H17FN8O4/c1-12-3-4-14(10-18(12)32(35)36)21(33)26-19-9-13(2)29-31(19)23-27-20-17(22(34)28-23)11-25-30(20)16-7-5-15(24)6-8-16/h3-11H,1-2H3,(H,26,33)(H,27,28,34). The van der Waals surface area contributed by atoms with E-state index < -0.39 is 22.2 Å². The smallest absolute Gasteiger partial charge is 0.273 e. The third-order valence-electron chi connectivity index (χ3n) is 5.44. The van der Waals surface area contributed by atoms with Crippen LogP contribution < -0.4 is 10.9 Å². The molecule has 2 N–H and O–H groups in total. The van der Waals surface area contributed by atoms with Gasteiger partial charge in [-0.1, -0.05) is 6.07 Å². The summed E-state index contributed by atoms with van der Waals surface area (Å²) in [6.45, 7) is 3.26. The van der Waals surface area contributed by atoms with Crippen LogP contribution in [0.1, 0.15) is 21.6 Å². The maximum absolute atomic E-state index is 13.4. The number of benzene rings is 2. The van der Waals surface area contributed by atoms with Crippen LogP contribution in [-0.4, -0.2) is 40.4 Å². The van der Waals surface area contributed by atoms with E-state index in [9.17, 15) is 24.1 Å². The number of H-pyrrole nitrogens is 1. The molecule has 180 valence electrons. The zero-order valence-corrected chi connectivity index (χ0v) is 18.9. The summed E-state index contributed by atoms with van der Waals surface area (Å²) in [4.78, 5) is 43.4. The Morgan fingerprint density at radius 3 is 2.58 bits per heavy atom. The third kappa shape index (κ3) is 3.98. The number of nitrogens with zero attached hydrogens (tertiary/aromatic N) is 6. The highest BCUT2D eigenvalue weighted by Crippen LogP contribution is 2.22. The minimum absolute atomic E-state index is 0.00496. The molecule has 5 rings (SSSR count). The molecule has 0 aliphatic carbocycles. The number of aromatic amines is 1. The van der Waals surface area contributed by atoms with Crippen LogP contribution in [0.3, 0.4) is 0 Å². The van der Waals surface area contributed by atoms with Gasteiger partial charge in [0.15, 0.2) is 5.65 Å². The number of anilines is 1. The molecule has 0 aliphatic heterocycles. The summed E-state index contributed by atoms with van der Waals surface area (Å²) in [5.41, 5.74) is 1.01. The number of rotatable bonds is 5. The molecule has 2 aromatic carbocycles. The first-order valence-corrected chi connectivity index (χ1v) is 10.6. The molecule has 1 amide bonds. The van der Waals surface area contributed by atoms with Crippen molar-refractivity contribution in [1.29, 1.82) is 0 Å². The summed E-state index contributed by atoms with van der Waals surface area (Å²) in [6, 6.07) is 11.2. The zero-order valence-electron chi connectivity index (χ0n) is 18.9. The number of hydrogen-bond acceptors (Lipinski definition) is 7. The second-order valence-corrected chi connectivity index (χ2v) is 7.95. The maximum atomic E-state index is 13.4. The second-order valence-electron chi connectivity index (χ2n) is 7.95. The highest BCUT2D eigenvalue weighted by atomic mass is 19.1. The quantitative estimate of drug-likeness (QED) is 0.284. The van der Waals surface area contributed by atoms with E-state index in [1.54, 1.807) is 19.9 Å². The van der Waals surface area contributed by atoms with E-state index in [-0.39, 0.29) is 34.1 Å². The predicted octanol–water partition coefficient (Wildman–Crippen LogP) is 3.21. The molecule has 0 atom stereocenters. The van der Waals surface area contributed by atoms with Crippen LogP contribution >= 0.6 is 0 Å². The van der Waals surface area contributed by atoms with Crippen molar-refractivity contribution in [2.75, 3.05) is 5.32 Å². The number of nitrogens with one attached hydrogen (secondary N) is 2. The van der Waals surface area contributed by atoms with Gasteiger partial charge in [-0.3, -0.25) is 24.7 Å². The molecule has 0 saturated carbocycles. The number of nitro groups is 1. The lowest BCUT2D eigenvalue weighted by atomic mass is 10.1. The van der Waals surface area contributed by atoms with Crippen LogP contribution in [-0.2, 0) is 0 Å². The Hall–Kier alpha value is -5.20. The van der Waals surface area contributed by atoms with Gasteiger partial charge in [-0.25, -0.2) is 9.07 Å². The van der Waals surface area contributed by atoms with Crippen molar-refractivity contribution in [3.05, 3.63) is 97.8 Å². The number of aryl methyl sites for hydroxylation is 2. The summed E-state index contributed by atoms with van der Waals surface area (Å²) >= 11 is 0. The molecule has 0 bridgehead atoms. The predicted molar refractivity (Wildman–Crippen MR) is 127 cm³/mol. The number of amides is 1. The van der Waals surface area contributed by atoms with Gasteiger partial charge in [-0.15, -0.1) is 0 Å². The third-order valence-corrected chi connectivity index (χ3v) is 5.44. The largest absolute Gasteiger partial charge is 0.306 e. The summed E-state index contributed by atoms with van der Waals surface area (Å²) in [7, 11) is 0. The maximum Gasteiger partial charge on any atom is 0.273 e. The van der Waals surface area contributed by atoms with E-state index in [0.29, 0.717) is 16.9 Å². The van der Waals surface area contributed by atoms with E-state index in [4.69, 9.17) is 0 Å². The lowest BCUT2D eigenvalue weighted by Gasteiger charge is -2.09. The van der Waals surface area contributed by atoms with Crippen molar-refractivity contribution in [2.24, 2.45) is 0 Å². The van der Waals surface area contributed by atoms with E-state index in [1.165, 1.54) is 58.0 Å². The van der Waals surface area contributed by atoms with Crippen LogP contribution in [0.4, 0.5) is 15.9 Å². The Morgan fingerprint density at radius 1 is 1.11 bits per heavy atom. The number of carbonyl (C=O) groups excluding carboxylic acids is 1. The Bertz CT molecular complexity index is 1720. The fourth-order valence-corrected chi connectivity index (χ4v) is 3.66. The van der Waals surface area contributed by atoms with Crippen molar-refractivity contribution < 1.29 is 14.1 Å². The normalized spacial score (nSPS) is 11.1. The van der Waals surface area contributed by atoms with Crippen LogP contribution in [0.15, 0.2) is 59.5 Å². The first kappa shape index (κ1) is 22.6. The van der Waals surface area contributed by atoms with Gasteiger partial charge in [0.1, 0.15) is 17.0 Å². The number of carbonyl (C=O) groups is 1. The van der Waals surface area contributed by atoms with Crippen molar-refractivity contribution in [3.8, 4) is 11.6 Å². The van der Waals surface area contributed by atoms with Crippen molar-refractivity contribution >= 4 is 28.4 Å². The van der Waals surface area contributed by atoms with Crippen molar-refractivity contribution in [2.45, 2.75) is 13.8 Å². The summed E-state index contributed by atoms with van der Waals surface area (Å²) < 4.78 is 16.0. The van der Waals surface area contributed by atoms with Crippen molar-refractivity contribution in [3.63, 3.8) is 0 Å². The summed E-state index contributed by atoms with van der Waals surface area (Å²) in [5, 5.41) is 22.6. The highest BCUT2D eigenvalue weighted by Gasteiger charge is 2.19. The topological polar surface area (TPSA) is 154 Å². The van der Waals surface area contributed by atoms with Crippen LogP contribution in [0.25, 0.3) is 22.7 Å². The zero-order chi connectivity index (χ0) is 25.6. The van der Waals surface area contributed by atoms with Gasteiger partial charge in [-0.2, -0.15) is 19.9 Å². The van der Waals surface area contributed by atoms with Gasteiger partial charge in [-0.05, 0) is 44.2 Å². The second kappa shape index (κ2) is 8.54. The fraction of sp³-hybridized carbons (Fsp3) is 0.0870. The SMILES string of the molecule is Cc1cc(NC(=O)c2ccc(C)c([N+](=O)[O-])c2)n(-c2nc3c(cnn3-c3ccc(F)cc3)c(=O)[nH]2)n1. The number of halogens is 1. The first-order valence-electron chi connectivity index (χ1n) is 10.6. The van der Waals surface area contributed by atoms with Crippen LogP contribution in [0.5, 0.6) is 0 Å². The highest BCUT2D eigenvalue weighted by molar-refractivity contribution is 6.04. The van der Waals surface area contributed by atoms with Gasteiger partial charge in [0.2, 0.25) is 5.95 Å². The van der Waals surface area contributed by atoms with E-state index in [1.807, 2.05) is 0 Å². The molecule has 0 spiro atoms. The molecule has 5 aromatic rings. The molecule has 0 unspecified atom stereocenters. The molecule has 3 aromatic heterocycles. The van der Waals surface area contributed by atoms with E-state index in [2.05, 4.69) is 25.5 Å². The molecule has 0 fully saturated rings. The van der Waals surface area contributed by atoms with E-state index >= 15 is 0 Å². The summed E-state index contributed by atoms with van der Waals surface area (Å²) in [5.74, 6) is -0.863. The van der Waals surface area contributed by atoms with Gasteiger partial charge in [0, 0.05) is 23.3 Å². The first-order chi connectivity index (χ1) is 17.2. The van der Waals surface area contributed by atoms with Crippen molar-refractivity contribution in [1.82, 2.24) is 29.5 Å². The molecule has 13 heteroatoms. The molecule has 36 heavy (non-hydrogen) atoms. The molecule has 0 saturated heterocycles. The van der Waals surface area contributed by atoms with Gasteiger partial charge >= 0.3 is 0 Å². The minimum atomic E-state index is -0.612. The molecule has 0 aliphatic rings. The Labute approximate surface area is 201 Å². The Kier molecular flexibility index (Phi) is 5.36. The monoisotopic (exact) mass is 488 g/mol. The lowest BCUT2D eigenvalue weighted by Crippen LogP contribution is -2.19. The molecular weight excluding hydrogens is 471 g/mol. The van der Waals surface area contributed by atoms with E-state index in [0.717, 1.165) is 0 Å². The Morgan fingerprint density at radius 2 is 1.86 bits per heavy atom. The molecule has 3 heterocycles. The van der Waals surface area contributed by atoms with Gasteiger partial charge in [0.05, 0.1) is 22.5 Å². The van der Waals surface area contributed by atoms with Gasteiger partial charge in [0.25, 0.3) is 17.2 Å². The molecule has 12 nitrogen and oxygen atoms in total. The molecule has 0 radical (unpaired) electrons.